The van der Waals surface area contributed by atoms with Crippen molar-refractivity contribution < 1.29 is 0 Å². The number of aromatic nitrogens is 3. The van der Waals surface area contributed by atoms with Gasteiger partial charge in [-0.15, -0.1) is 11.3 Å². The molecule has 6 rings (SSSR count). The van der Waals surface area contributed by atoms with Gasteiger partial charge in [0.1, 0.15) is 17.0 Å². The quantitative estimate of drug-likeness (QED) is 0.327. The molecule has 1 aliphatic carbocycles. The maximum absolute atomic E-state index is 4.69. The fraction of sp³-hybridized carbons (Fsp3) is 0.259. The van der Waals surface area contributed by atoms with Crippen LogP contribution in [0.15, 0.2) is 67.1 Å². The molecule has 32 heavy (non-hydrogen) atoms. The van der Waals surface area contributed by atoms with Gasteiger partial charge in [0.25, 0.3) is 0 Å². The first kappa shape index (κ1) is 19.5. The van der Waals surface area contributed by atoms with Crippen LogP contribution in [0, 0.1) is 5.92 Å². The highest BCUT2D eigenvalue weighted by Crippen LogP contribution is 2.40. The van der Waals surface area contributed by atoms with Crippen LogP contribution >= 0.6 is 11.3 Å². The number of benzene rings is 2. The number of thiophene rings is 1. The predicted molar refractivity (Wildman–Crippen MR) is 134 cm³/mol. The largest absolute Gasteiger partial charge is 0.368 e. The van der Waals surface area contributed by atoms with E-state index >= 15 is 0 Å². The van der Waals surface area contributed by atoms with Gasteiger partial charge in [-0.05, 0) is 47.9 Å². The third-order valence-corrected chi connectivity index (χ3v) is 7.93. The standard InChI is InChI=1S/C27H26N4S/c1-17-11-12-20-24(13-17)32-27-25(20)26(30-16-31-27)29-14-21(18-7-3-2-4-8-18)22-15-28-23-10-6-5-9-19(22)23/h2-10,15-17,21,28H,11-14H2,1H3,(H,29,30,31). The maximum Gasteiger partial charge on any atom is 0.138 e. The van der Waals surface area contributed by atoms with Crippen molar-refractivity contribution in [2.24, 2.45) is 5.92 Å². The first-order chi connectivity index (χ1) is 15.8. The Morgan fingerprint density at radius 1 is 1.09 bits per heavy atom. The number of fused-ring (bicyclic) bond motifs is 4. The Bertz CT molecular complexity index is 1390. The summed E-state index contributed by atoms with van der Waals surface area (Å²) in [5.74, 6) is 1.94. The molecule has 0 saturated heterocycles. The minimum absolute atomic E-state index is 0.215. The molecule has 2 unspecified atom stereocenters. The zero-order valence-electron chi connectivity index (χ0n) is 18.1. The molecule has 2 atom stereocenters. The van der Waals surface area contributed by atoms with Crippen molar-refractivity contribution in [3.63, 3.8) is 0 Å². The highest BCUT2D eigenvalue weighted by molar-refractivity contribution is 7.19. The van der Waals surface area contributed by atoms with E-state index in [0.29, 0.717) is 0 Å². The van der Waals surface area contributed by atoms with Crippen LogP contribution in [0.25, 0.3) is 21.1 Å². The molecule has 0 saturated carbocycles. The number of anilines is 1. The first-order valence-corrected chi connectivity index (χ1v) is 12.2. The van der Waals surface area contributed by atoms with Crippen molar-refractivity contribution in [3.8, 4) is 0 Å². The number of nitrogens with one attached hydrogen (secondary N) is 2. The Morgan fingerprint density at radius 2 is 1.94 bits per heavy atom. The Kier molecular flexibility index (Phi) is 4.91. The summed E-state index contributed by atoms with van der Waals surface area (Å²) in [4.78, 5) is 15.4. The summed E-state index contributed by atoms with van der Waals surface area (Å²) in [6.07, 6.45) is 7.41. The second-order valence-corrected chi connectivity index (χ2v) is 9.97. The van der Waals surface area contributed by atoms with E-state index in [1.54, 1.807) is 6.33 Å². The maximum atomic E-state index is 4.69. The van der Waals surface area contributed by atoms with Crippen molar-refractivity contribution in [2.75, 3.05) is 11.9 Å². The lowest BCUT2D eigenvalue weighted by Crippen LogP contribution is -2.15. The number of H-pyrrole nitrogens is 1. The molecule has 0 bridgehead atoms. The van der Waals surface area contributed by atoms with Crippen LogP contribution in [0.4, 0.5) is 5.82 Å². The van der Waals surface area contributed by atoms with E-state index in [9.17, 15) is 0 Å². The van der Waals surface area contributed by atoms with Crippen molar-refractivity contribution >= 4 is 38.3 Å². The van der Waals surface area contributed by atoms with E-state index in [-0.39, 0.29) is 5.92 Å². The van der Waals surface area contributed by atoms with E-state index in [0.717, 1.165) is 36.0 Å². The number of nitrogens with zero attached hydrogens (tertiary/aromatic N) is 2. The highest BCUT2D eigenvalue weighted by Gasteiger charge is 2.24. The SMILES string of the molecule is CC1CCc2c(sc3ncnc(NCC(c4ccccc4)c4c[nH]c5ccccc45)c23)C1. The molecule has 1 aliphatic rings. The number of hydrogen-bond acceptors (Lipinski definition) is 4. The lowest BCUT2D eigenvalue weighted by atomic mass is 9.89. The molecule has 0 fully saturated rings. The molecule has 3 heterocycles. The van der Waals surface area contributed by atoms with E-state index in [1.807, 2.05) is 11.3 Å². The van der Waals surface area contributed by atoms with Crippen LogP contribution < -0.4 is 5.32 Å². The summed E-state index contributed by atoms with van der Waals surface area (Å²) >= 11 is 1.85. The zero-order chi connectivity index (χ0) is 21.5. The fourth-order valence-electron chi connectivity index (χ4n) is 5.08. The summed E-state index contributed by atoms with van der Waals surface area (Å²) in [6, 6.07) is 19.3. The van der Waals surface area contributed by atoms with Crippen LogP contribution in [-0.2, 0) is 12.8 Å². The minimum Gasteiger partial charge on any atom is -0.368 e. The normalized spacial score (nSPS) is 16.8. The van der Waals surface area contributed by atoms with E-state index in [4.69, 9.17) is 4.98 Å². The number of aromatic amines is 1. The second kappa shape index (κ2) is 8.06. The first-order valence-electron chi connectivity index (χ1n) is 11.4. The van der Waals surface area contributed by atoms with Crippen LogP contribution in [0.2, 0.25) is 0 Å². The molecule has 5 aromatic rings. The molecule has 160 valence electrons. The molecule has 0 radical (unpaired) electrons. The number of aryl methyl sites for hydroxylation is 1. The van der Waals surface area contributed by atoms with Gasteiger partial charge in [-0.3, -0.25) is 0 Å². The van der Waals surface area contributed by atoms with Crippen molar-refractivity contribution in [3.05, 3.63) is 88.7 Å². The summed E-state index contributed by atoms with van der Waals surface area (Å²) < 4.78 is 0. The van der Waals surface area contributed by atoms with Gasteiger partial charge in [-0.25, -0.2) is 9.97 Å². The Hall–Kier alpha value is -3.18. The van der Waals surface area contributed by atoms with Gasteiger partial charge in [-0.2, -0.15) is 0 Å². The average molecular weight is 439 g/mol. The van der Waals surface area contributed by atoms with E-state index < -0.39 is 0 Å². The number of hydrogen-bond donors (Lipinski definition) is 2. The molecule has 4 nitrogen and oxygen atoms in total. The monoisotopic (exact) mass is 438 g/mol. The van der Waals surface area contributed by atoms with Crippen molar-refractivity contribution in [2.45, 2.75) is 32.1 Å². The van der Waals surface area contributed by atoms with Gasteiger partial charge in [0.2, 0.25) is 0 Å². The van der Waals surface area contributed by atoms with Crippen LogP contribution in [0.5, 0.6) is 0 Å². The Balaban J connectivity index is 1.39. The number of para-hydroxylation sites is 1. The topological polar surface area (TPSA) is 53.6 Å². The summed E-state index contributed by atoms with van der Waals surface area (Å²) in [6.45, 7) is 3.13. The van der Waals surface area contributed by atoms with Gasteiger partial charge in [0.15, 0.2) is 0 Å². The number of rotatable bonds is 5. The Labute approximate surface area is 191 Å². The predicted octanol–water partition coefficient (Wildman–Crippen LogP) is 6.54. The zero-order valence-corrected chi connectivity index (χ0v) is 19.0. The van der Waals surface area contributed by atoms with E-state index in [2.05, 4.69) is 83.0 Å². The van der Waals surface area contributed by atoms with Gasteiger partial charge >= 0.3 is 0 Å². The molecule has 0 amide bonds. The molecular weight excluding hydrogens is 412 g/mol. The van der Waals surface area contributed by atoms with Gasteiger partial charge in [-0.1, -0.05) is 55.5 Å². The smallest absolute Gasteiger partial charge is 0.138 e. The van der Waals surface area contributed by atoms with Crippen molar-refractivity contribution in [1.29, 1.82) is 0 Å². The van der Waals surface area contributed by atoms with Gasteiger partial charge in [0, 0.05) is 34.4 Å². The molecule has 2 aromatic carbocycles. The Morgan fingerprint density at radius 3 is 2.84 bits per heavy atom. The summed E-state index contributed by atoms with van der Waals surface area (Å²) in [5.41, 5.74) is 5.26. The average Bonchev–Trinajstić information content (AvgIpc) is 3.41. The van der Waals surface area contributed by atoms with Crippen molar-refractivity contribution in [1.82, 2.24) is 15.0 Å². The highest BCUT2D eigenvalue weighted by atomic mass is 32.1. The molecule has 3 aromatic heterocycles. The molecule has 5 heteroatoms. The van der Waals surface area contributed by atoms with E-state index in [1.165, 1.54) is 44.3 Å². The van der Waals surface area contributed by atoms with Crippen LogP contribution in [0.1, 0.15) is 40.8 Å². The summed E-state index contributed by atoms with van der Waals surface area (Å²) in [5, 5.41) is 6.25. The molecule has 2 N–H and O–H groups in total. The molecule has 0 aliphatic heterocycles. The van der Waals surface area contributed by atoms with Crippen LogP contribution in [-0.4, -0.2) is 21.5 Å². The summed E-state index contributed by atoms with van der Waals surface area (Å²) in [7, 11) is 0. The second-order valence-electron chi connectivity index (χ2n) is 8.89. The molecule has 0 spiro atoms. The van der Waals surface area contributed by atoms with Gasteiger partial charge < -0.3 is 10.3 Å². The fourth-order valence-corrected chi connectivity index (χ4v) is 6.43. The molecular formula is C27H26N4S. The minimum atomic E-state index is 0.215. The lowest BCUT2D eigenvalue weighted by Gasteiger charge is -2.20. The van der Waals surface area contributed by atoms with Gasteiger partial charge in [0.05, 0.1) is 5.39 Å². The third-order valence-electron chi connectivity index (χ3n) is 6.76. The third kappa shape index (κ3) is 3.37. The lowest BCUT2D eigenvalue weighted by molar-refractivity contribution is 0.509. The van der Waals surface area contributed by atoms with Crippen LogP contribution in [0.3, 0.4) is 0 Å².